The lowest BCUT2D eigenvalue weighted by Crippen LogP contribution is -2.32. The zero-order chi connectivity index (χ0) is 11.3. The van der Waals surface area contributed by atoms with E-state index in [2.05, 4.69) is 6.58 Å². The van der Waals surface area contributed by atoms with Gasteiger partial charge in [-0.2, -0.15) is 0 Å². The third kappa shape index (κ3) is 4.99. The molecule has 0 aliphatic carbocycles. The molecule has 2 unspecified atom stereocenters. The minimum Gasteiger partial charge on any atom is -0.478 e. The van der Waals surface area contributed by atoms with Crippen LogP contribution in [0.5, 0.6) is 0 Å². The van der Waals surface area contributed by atoms with E-state index in [1.807, 2.05) is 19.0 Å². The maximum atomic E-state index is 10.6. The van der Waals surface area contributed by atoms with E-state index in [0.717, 1.165) is 0 Å². The molecule has 0 amide bonds. The van der Waals surface area contributed by atoms with Crippen LogP contribution in [0, 0.1) is 0 Å². The number of aliphatic carboxylic acids is 1. The summed E-state index contributed by atoms with van der Waals surface area (Å²) in [6.07, 6.45) is 0.510. The lowest BCUT2D eigenvalue weighted by Gasteiger charge is -2.25. The second kappa shape index (κ2) is 5.78. The van der Waals surface area contributed by atoms with Gasteiger partial charge in [-0.3, -0.25) is 0 Å². The summed E-state index contributed by atoms with van der Waals surface area (Å²) in [5.74, 6) is -0.970. The van der Waals surface area contributed by atoms with Gasteiger partial charge in [0.25, 0.3) is 0 Å². The largest absolute Gasteiger partial charge is 0.478 e. The first-order chi connectivity index (χ1) is 6.34. The van der Waals surface area contributed by atoms with Gasteiger partial charge in [-0.15, -0.1) is 0 Å². The lowest BCUT2D eigenvalue weighted by atomic mass is 10.0. The van der Waals surface area contributed by atoms with E-state index in [0.29, 0.717) is 12.8 Å². The van der Waals surface area contributed by atoms with Crippen LogP contribution in [0.4, 0.5) is 0 Å². The highest BCUT2D eigenvalue weighted by Gasteiger charge is 2.17. The molecule has 0 aliphatic heterocycles. The molecule has 2 atom stereocenters. The average molecular weight is 201 g/mol. The van der Waals surface area contributed by atoms with Gasteiger partial charge in [-0.25, -0.2) is 4.79 Å². The van der Waals surface area contributed by atoms with Crippen molar-refractivity contribution in [3.05, 3.63) is 12.2 Å². The fourth-order valence-corrected chi connectivity index (χ4v) is 1.24. The average Bonchev–Trinajstić information content (AvgIpc) is 2.01. The first-order valence-corrected chi connectivity index (χ1v) is 4.60. The molecule has 0 aromatic rings. The van der Waals surface area contributed by atoms with Gasteiger partial charge >= 0.3 is 5.97 Å². The van der Waals surface area contributed by atoms with Crippen molar-refractivity contribution in [2.45, 2.75) is 31.9 Å². The Labute approximate surface area is 84.8 Å². The molecule has 0 heterocycles. The van der Waals surface area contributed by atoms with Crippen LogP contribution in [0.25, 0.3) is 0 Å². The Morgan fingerprint density at radius 3 is 2.29 bits per heavy atom. The number of carboxylic acid groups (broad SMARTS) is 1. The van der Waals surface area contributed by atoms with Gasteiger partial charge in [0.2, 0.25) is 0 Å². The van der Waals surface area contributed by atoms with Crippen molar-refractivity contribution in [1.82, 2.24) is 4.90 Å². The number of rotatable bonds is 6. The predicted molar refractivity (Wildman–Crippen MR) is 55.2 cm³/mol. The highest BCUT2D eigenvalue weighted by atomic mass is 16.4. The Bertz CT molecular complexity index is 211. The molecule has 4 nitrogen and oxygen atoms in total. The fourth-order valence-electron chi connectivity index (χ4n) is 1.24. The van der Waals surface area contributed by atoms with Gasteiger partial charge in [-0.05, 0) is 33.9 Å². The number of carbonyl (C=O) groups is 1. The molecule has 82 valence electrons. The van der Waals surface area contributed by atoms with Crippen molar-refractivity contribution in [2.75, 3.05) is 14.1 Å². The summed E-state index contributed by atoms with van der Waals surface area (Å²) in [7, 11) is 3.73. The van der Waals surface area contributed by atoms with E-state index in [4.69, 9.17) is 5.11 Å². The normalized spacial score (nSPS) is 15.2. The van der Waals surface area contributed by atoms with Crippen LogP contribution >= 0.6 is 0 Å². The van der Waals surface area contributed by atoms with Crippen molar-refractivity contribution >= 4 is 5.97 Å². The van der Waals surface area contributed by atoms with E-state index in [-0.39, 0.29) is 11.6 Å². The first kappa shape index (κ1) is 13.1. The van der Waals surface area contributed by atoms with Crippen LogP contribution in [0.15, 0.2) is 12.2 Å². The van der Waals surface area contributed by atoms with E-state index in [1.54, 1.807) is 6.92 Å². The highest BCUT2D eigenvalue weighted by molar-refractivity contribution is 5.85. The fraction of sp³-hybridized carbons (Fsp3) is 0.700. The summed E-state index contributed by atoms with van der Waals surface area (Å²) in [5, 5.41) is 17.9. The molecule has 0 radical (unpaired) electrons. The molecular formula is C10H19NO3. The molecule has 0 saturated heterocycles. The van der Waals surface area contributed by atoms with Crippen molar-refractivity contribution in [1.29, 1.82) is 0 Å². The molecule has 0 aliphatic rings. The minimum atomic E-state index is -0.970. The Kier molecular flexibility index (Phi) is 5.42. The molecule has 0 fully saturated rings. The quantitative estimate of drug-likeness (QED) is 0.622. The molecule has 4 heteroatoms. The van der Waals surface area contributed by atoms with Gasteiger partial charge in [0, 0.05) is 11.6 Å². The zero-order valence-electron chi connectivity index (χ0n) is 9.03. The van der Waals surface area contributed by atoms with Gasteiger partial charge in [0.1, 0.15) is 0 Å². The minimum absolute atomic E-state index is 0.0265. The number of hydrogen-bond donors (Lipinski definition) is 2. The van der Waals surface area contributed by atoms with Crippen LogP contribution in [0.1, 0.15) is 19.8 Å². The summed E-state index contributed by atoms with van der Waals surface area (Å²) < 4.78 is 0. The molecule has 14 heavy (non-hydrogen) atoms. The van der Waals surface area contributed by atoms with Gasteiger partial charge in [-0.1, -0.05) is 6.58 Å². The molecule has 0 aromatic carbocycles. The highest BCUT2D eigenvalue weighted by Crippen LogP contribution is 2.13. The third-order valence-electron chi connectivity index (χ3n) is 2.13. The van der Waals surface area contributed by atoms with Crippen molar-refractivity contribution in [2.24, 2.45) is 0 Å². The Morgan fingerprint density at radius 1 is 1.50 bits per heavy atom. The van der Waals surface area contributed by atoms with Crippen molar-refractivity contribution in [3.8, 4) is 0 Å². The predicted octanol–water partition coefficient (Wildman–Crippen LogP) is 0.718. The number of aliphatic hydroxyl groups excluding tert-OH is 1. The Hall–Kier alpha value is -0.870. The van der Waals surface area contributed by atoms with Crippen LogP contribution in [-0.2, 0) is 4.79 Å². The maximum Gasteiger partial charge on any atom is 0.331 e. The summed E-state index contributed by atoms with van der Waals surface area (Å²) >= 11 is 0. The summed E-state index contributed by atoms with van der Waals surface area (Å²) in [6, 6.07) is 0.0265. The third-order valence-corrected chi connectivity index (χ3v) is 2.13. The molecule has 0 bridgehead atoms. The summed E-state index contributed by atoms with van der Waals surface area (Å²) in [6.45, 7) is 5.17. The molecule has 0 rings (SSSR count). The second-order valence-electron chi connectivity index (χ2n) is 3.81. The standard InChI is InChI=1S/C10H19NO3/c1-7(10(13)14)5-9(11(3)4)6-8(2)12/h8-9,12H,1,5-6H2,2-4H3,(H,13,14). The van der Waals surface area contributed by atoms with E-state index in [9.17, 15) is 9.90 Å². The van der Waals surface area contributed by atoms with E-state index < -0.39 is 12.1 Å². The van der Waals surface area contributed by atoms with Crippen LogP contribution in [-0.4, -0.2) is 47.3 Å². The smallest absolute Gasteiger partial charge is 0.331 e. The molecule has 2 N–H and O–H groups in total. The first-order valence-electron chi connectivity index (χ1n) is 4.60. The second-order valence-corrected chi connectivity index (χ2v) is 3.81. The van der Waals surface area contributed by atoms with Crippen LogP contribution in [0.2, 0.25) is 0 Å². The molecule has 0 aromatic heterocycles. The number of carboxylic acids is 1. The van der Waals surface area contributed by atoms with Crippen molar-refractivity contribution in [3.63, 3.8) is 0 Å². The van der Waals surface area contributed by atoms with Crippen molar-refractivity contribution < 1.29 is 15.0 Å². The summed E-state index contributed by atoms with van der Waals surface area (Å²) in [4.78, 5) is 12.5. The molecule has 0 spiro atoms. The topological polar surface area (TPSA) is 60.8 Å². The van der Waals surface area contributed by atoms with Crippen LogP contribution in [0.3, 0.4) is 0 Å². The van der Waals surface area contributed by atoms with Crippen LogP contribution < -0.4 is 0 Å². The Balaban J connectivity index is 4.23. The summed E-state index contributed by atoms with van der Waals surface area (Å²) in [5.41, 5.74) is 0.185. The van der Waals surface area contributed by atoms with E-state index >= 15 is 0 Å². The van der Waals surface area contributed by atoms with Gasteiger partial charge in [0.15, 0.2) is 0 Å². The van der Waals surface area contributed by atoms with E-state index in [1.165, 1.54) is 0 Å². The molecule has 0 saturated carbocycles. The number of aliphatic hydroxyl groups is 1. The maximum absolute atomic E-state index is 10.6. The monoisotopic (exact) mass is 201 g/mol. The van der Waals surface area contributed by atoms with Gasteiger partial charge < -0.3 is 15.1 Å². The Morgan fingerprint density at radius 2 is 2.00 bits per heavy atom. The number of hydrogen-bond acceptors (Lipinski definition) is 3. The zero-order valence-corrected chi connectivity index (χ0v) is 9.03. The number of nitrogens with zero attached hydrogens (tertiary/aromatic N) is 1. The molecular weight excluding hydrogens is 182 g/mol. The lowest BCUT2D eigenvalue weighted by molar-refractivity contribution is -0.132. The SMILES string of the molecule is C=C(CC(CC(C)O)N(C)C)C(=O)O. The van der Waals surface area contributed by atoms with Gasteiger partial charge in [0.05, 0.1) is 6.10 Å².